The first kappa shape index (κ1) is 19.3. The summed E-state index contributed by atoms with van der Waals surface area (Å²) in [7, 11) is 3.20. The molecular formula is C22H22ClN3O3. The maximum atomic E-state index is 13.2. The van der Waals surface area contributed by atoms with Crippen molar-refractivity contribution in [2.75, 3.05) is 14.2 Å². The van der Waals surface area contributed by atoms with E-state index in [2.05, 4.69) is 10.2 Å². The van der Waals surface area contributed by atoms with Crippen LogP contribution < -0.4 is 9.47 Å². The van der Waals surface area contributed by atoms with E-state index in [1.54, 1.807) is 14.2 Å². The van der Waals surface area contributed by atoms with Crippen LogP contribution in [0.25, 0.3) is 11.3 Å². The molecule has 0 aliphatic carbocycles. The highest BCUT2D eigenvalue weighted by Crippen LogP contribution is 2.45. The minimum absolute atomic E-state index is 0.000496. The van der Waals surface area contributed by atoms with Crippen LogP contribution in [0.15, 0.2) is 42.5 Å². The van der Waals surface area contributed by atoms with E-state index in [-0.39, 0.29) is 18.0 Å². The molecule has 150 valence electrons. The summed E-state index contributed by atoms with van der Waals surface area (Å²) in [5.74, 6) is 1.19. The Bertz CT molecular complexity index is 1060. The molecule has 2 heterocycles. The number of benzene rings is 2. The van der Waals surface area contributed by atoms with Gasteiger partial charge in [0.05, 0.1) is 26.0 Å². The molecule has 0 bridgehead atoms. The monoisotopic (exact) mass is 411 g/mol. The fourth-order valence-corrected chi connectivity index (χ4v) is 4.00. The summed E-state index contributed by atoms with van der Waals surface area (Å²) in [4.78, 5) is 15.0. The predicted molar refractivity (Wildman–Crippen MR) is 112 cm³/mol. The summed E-state index contributed by atoms with van der Waals surface area (Å²) in [6.07, 6.45) is 0. The Balaban J connectivity index is 1.91. The van der Waals surface area contributed by atoms with Gasteiger partial charge in [-0.2, -0.15) is 5.10 Å². The Kier molecular flexibility index (Phi) is 4.96. The number of methoxy groups -OCH3 is 2. The molecule has 4 rings (SSSR count). The minimum Gasteiger partial charge on any atom is -0.493 e. The number of nitrogens with one attached hydrogen (secondary N) is 1. The van der Waals surface area contributed by atoms with E-state index in [4.69, 9.17) is 21.1 Å². The van der Waals surface area contributed by atoms with Gasteiger partial charge in [0.1, 0.15) is 5.69 Å². The third-order valence-electron chi connectivity index (χ3n) is 5.20. The van der Waals surface area contributed by atoms with Crippen molar-refractivity contribution in [2.24, 2.45) is 0 Å². The Labute approximate surface area is 174 Å². The van der Waals surface area contributed by atoms with Gasteiger partial charge in [0.15, 0.2) is 11.5 Å². The van der Waals surface area contributed by atoms with Gasteiger partial charge in [-0.1, -0.05) is 29.8 Å². The lowest BCUT2D eigenvalue weighted by atomic mass is 9.95. The van der Waals surface area contributed by atoms with Gasteiger partial charge in [0, 0.05) is 22.2 Å². The molecule has 3 aromatic rings. The van der Waals surface area contributed by atoms with E-state index in [0.29, 0.717) is 22.2 Å². The third kappa shape index (κ3) is 3.13. The predicted octanol–water partition coefficient (Wildman–Crippen LogP) is 4.70. The first-order valence-corrected chi connectivity index (χ1v) is 9.72. The number of rotatable bonds is 5. The Morgan fingerprint density at radius 2 is 1.76 bits per heavy atom. The summed E-state index contributed by atoms with van der Waals surface area (Å²) < 4.78 is 10.9. The van der Waals surface area contributed by atoms with E-state index in [9.17, 15) is 4.79 Å². The molecule has 0 spiro atoms. The van der Waals surface area contributed by atoms with Gasteiger partial charge in [-0.3, -0.25) is 9.89 Å². The van der Waals surface area contributed by atoms with Crippen molar-refractivity contribution >= 4 is 17.5 Å². The molecule has 1 atom stereocenters. The summed E-state index contributed by atoms with van der Waals surface area (Å²) in [5, 5.41) is 8.07. The molecule has 2 aromatic carbocycles. The van der Waals surface area contributed by atoms with Gasteiger partial charge in [0.2, 0.25) is 0 Å². The lowest BCUT2D eigenvalue weighted by molar-refractivity contribution is 0.0687. The van der Waals surface area contributed by atoms with Crippen LogP contribution in [0.4, 0.5) is 0 Å². The average molecular weight is 412 g/mol. The number of hydrogen-bond acceptors (Lipinski definition) is 4. The molecule has 0 fully saturated rings. The van der Waals surface area contributed by atoms with Crippen molar-refractivity contribution in [1.29, 1.82) is 0 Å². The second kappa shape index (κ2) is 7.44. The van der Waals surface area contributed by atoms with E-state index >= 15 is 0 Å². The summed E-state index contributed by atoms with van der Waals surface area (Å²) in [6.45, 7) is 4.01. The number of hydrogen-bond donors (Lipinski definition) is 1. The number of carbonyl (C=O) groups is 1. The molecule has 1 aliphatic heterocycles. The van der Waals surface area contributed by atoms with Gasteiger partial charge in [-0.15, -0.1) is 0 Å². The zero-order valence-electron chi connectivity index (χ0n) is 16.7. The van der Waals surface area contributed by atoms with Crippen LogP contribution in [0.3, 0.4) is 0 Å². The second-order valence-electron chi connectivity index (χ2n) is 7.19. The van der Waals surface area contributed by atoms with Crippen molar-refractivity contribution in [3.05, 3.63) is 64.3 Å². The van der Waals surface area contributed by atoms with Crippen LogP contribution in [0.5, 0.6) is 11.5 Å². The van der Waals surface area contributed by atoms with Gasteiger partial charge < -0.3 is 14.4 Å². The van der Waals surface area contributed by atoms with Crippen molar-refractivity contribution in [1.82, 2.24) is 15.1 Å². The van der Waals surface area contributed by atoms with Gasteiger partial charge in [-0.25, -0.2) is 0 Å². The Hall–Kier alpha value is -2.99. The number of aromatic nitrogens is 2. The summed E-state index contributed by atoms with van der Waals surface area (Å²) in [6, 6.07) is 12.9. The van der Waals surface area contributed by atoms with Crippen LogP contribution >= 0.6 is 11.6 Å². The van der Waals surface area contributed by atoms with Gasteiger partial charge >= 0.3 is 0 Å². The summed E-state index contributed by atoms with van der Waals surface area (Å²) in [5.41, 5.74) is 3.95. The topological polar surface area (TPSA) is 67.5 Å². The maximum Gasteiger partial charge on any atom is 0.273 e. The van der Waals surface area contributed by atoms with E-state index in [0.717, 1.165) is 22.4 Å². The molecule has 29 heavy (non-hydrogen) atoms. The van der Waals surface area contributed by atoms with Crippen molar-refractivity contribution < 1.29 is 14.3 Å². The fourth-order valence-electron chi connectivity index (χ4n) is 3.88. The number of halogens is 1. The zero-order valence-corrected chi connectivity index (χ0v) is 17.4. The highest BCUT2D eigenvalue weighted by atomic mass is 35.5. The first-order chi connectivity index (χ1) is 14.0. The molecular weight excluding hydrogens is 390 g/mol. The number of aromatic amines is 1. The highest BCUT2D eigenvalue weighted by Gasteiger charge is 2.43. The molecule has 7 heteroatoms. The van der Waals surface area contributed by atoms with Crippen LogP contribution in [0.2, 0.25) is 5.02 Å². The smallest absolute Gasteiger partial charge is 0.273 e. The molecule has 1 aliphatic rings. The first-order valence-electron chi connectivity index (χ1n) is 9.35. The molecule has 0 radical (unpaired) electrons. The molecule has 1 amide bonds. The number of amides is 1. The van der Waals surface area contributed by atoms with Crippen LogP contribution in [-0.4, -0.2) is 41.3 Å². The maximum absolute atomic E-state index is 13.2. The quantitative estimate of drug-likeness (QED) is 0.660. The van der Waals surface area contributed by atoms with Crippen LogP contribution in [0, 0.1) is 0 Å². The van der Waals surface area contributed by atoms with Gasteiger partial charge in [0.25, 0.3) is 5.91 Å². The largest absolute Gasteiger partial charge is 0.493 e. The summed E-state index contributed by atoms with van der Waals surface area (Å²) >= 11 is 6.05. The van der Waals surface area contributed by atoms with E-state index < -0.39 is 0 Å². The number of H-pyrrole nitrogens is 1. The normalized spacial score (nSPS) is 15.7. The molecule has 1 unspecified atom stereocenters. The van der Waals surface area contributed by atoms with E-state index in [1.165, 1.54) is 0 Å². The van der Waals surface area contributed by atoms with Crippen LogP contribution in [0.1, 0.15) is 41.5 Å². The molecule has 6 nitrogen and oxygen atoms in total. The lowest BCUT2D eigenvalue weighted by Gasteiger charge is -2.30. The zero-order chi connectivity index (χ0) is 20.7. The van der Waals surface area contributed by atoms with Crippen molar-refractivity contribution in [2.45, 2.75) is 25.9 Å². The standard InChI is InChI=1S/C22H22ClN3O3/c1-12(2)26-21(14-7-10-16(28-3)17(11-14)29-4)18-19(24-25-20(18)22(26)27)13-5-8-15(23)9-6-13/h5-12,21H,1-4H3,(H,24,25). The van der Waals surface area contributed by atoms with Gasteiger partial charge in [-0.05, 0) is 43.7 Å². The average Bonchev–Trinajstić information content (AvgIpc) is 3.27. The number of ether oxygens (including phenoxy) is 2. The second-order valence-corrected chi connectivity index (χ2v) is 7.63. The Morgan fingerprint density at radius 3 is 2.38 bits per heavy atom. The molecule has 0 saturated heterocycles. The minimum atomic E-state index is -0.290. The third-order valence-corrected chi connectivity index (χ3v) is 5.45. The SMILES string of the molecule is COc1ccc(C2c3c(-c4ccc(Cl)cc4)n[nH]c3C(=O)N2C(C)C)cc1OC. The highest BCUT2D eigenvalue weighted by molar-refractivity contribution is 6.30. The number of carbonyl (C=O) groups excluding carboxylic acids is 1. The van der Waals surface area contributed by atoms with Crippen molar-refractivity contribution in [3.8, 4) is 22.8 Å². The molecule has 1 aromatic heterocycles. The molecule has 1 N–H and O–H groups in total. The van der Waals surface area contributed by atoms with Crippen LogP contribution in [-0.2, 0) is 0 Å². The van der Waals surface area contributed by atoms with Crippen molar-refractivity contribution in [3.63, 3.8) is 0 Å². The fraction of sp³-hybridized carbons (Fsp3) is 0.273. The Morgan fingerprint density at radius 1 is 1.07 bits per heavy atom. The molecule has 0 saturated carbocycles. The lowest BCUT2D eigenvalue weighted by Crippen LogP contribution is -2.35. The van der Waals surface area contributed by atoms with E-state index in [1.807, 2.05) is 61.2 Å². The number of fused-ring (bicyclic) bond motifs is 1. The number of nitrogens with zero attached hydrogens (tertiary/aromatic N) is 2.